The van der Waals surface area contributed by atoms with Gasteiger partial charge in [0, 0.05) is 76.8 Å². The third kappa shape index (κ3) is 29.9. The largest absolute Gasteiger partial charge is 0.481 e. The second-order valence-electron chi connectivity index (χ2n) is 26.9. The van der Waals surface area contributed by atoms with Crippen LogP contribution >= 0.6 is 0 Å². The number of nitrogens with two attached hydrogens (primary N) is 1. The van der Waals surface area contributed by atoms with E-state index in [4.69, 9.17) is 15.2 Å². The quantitative estimate of drug-likeness (QED) is 0.0464. The number of amides is 8. The Morgan fingerprint density at radius 3 is 1.57 bits per heavy atom. The first kappa shape index (κ1) is 80.9. The lowest BCUT2D eigenvalue weighted by Gasteiger charge is -2.31. The minimum absolute atomic E-state index is 0.0737. The summed E-state index contributed by atoms with van der Waals surface area (Å²) in [5.74, 6) is -13.2. The highest BCUT2D eigenvalue weighted by molar-refractivity contribution is 5.99. The summed E-state index contributed by atoms with van der Waals surface area (Å²) >= 11 is 0. The van der Waals surface area contributed by atoms with E-state index in [0.29, 0.717) is 5.56 Å². The highest BCUT2D eigenvalue weighted by Crippen LogP contribution is 2.22. The standard InChI is InChI=1S/C68H102N8O17/c1-39(2)31-48(71-58(83)30-28-53(78)51(35-46-25-21-18-22-26-46)76(16)64(89)42(6)33-54(79)43(7)70-66(91)93-68(12,13)14)55(80)32-41(5)61(86)74-60(40(3)4)56(81)36-47(34-45-23-19-17-20-24-45)63(88)72-49(37-59(84)85)65(90)75(15)44(8)62(87)73-50(38-92-67(9,10)11)52(77)27-29-57(69)82/h17-26,39-44,47-51,60H,27-38H2,1-16H3,(H2,69,82)(H,70,91)(H,71,83)(H,72,88)(H,73,87)(H,74,86)(H,84,85)/t41-,42-,43+,44+,47-,48+,49+,50+,51+,60+/m1/s1. The molecule has 25 nitrogen and oxygen atoms in total. The first-order valence-corrected chi connectivity index (χ1v) is 31.7. The number of hydrogen-bond acceptors (Lipinski definition) is 16. The van der Waals surface area contributed by atoms with Gasteiger partial charge in [-0.05, 0) is 97.6 Å². The number of carboxylic acid groups (broad SMARTS) is 1. The number of Topliss-reactive ketones (excluding diaryl/α,β-unsaturated/α-hetero) is 5. The fourth-order valence-corrected chi connectivity index (χ4v) is 9.86. The molecule has 0 saturated carbocycles. The van der Waals surface area contributed by atoms with Crippen LogP contribution in [0.3, 0.4) is 0 Å². The number of carboxylic acids is 1. The molecule has 0 aliphatic carbocycles. The fourth-order valence-electron chi connectivity index (χ4n) is 9.86. The molecule has 25 heteroatoms. The third-order valence-corrected chi connectivity index (χ3v) is 15.4. The second kappa shape index (κ2) is 38.1. The van der Waals surface area contributed by atoms with Crippen molar-refractivity contribution in [2.24, 2.45) is 35.3 Å². The summed E-state index contributed by atoms with van der Waals surface area (Å²) in [6.07, 6.45) is -3.97. The molecule has 0 bridgehead atoms. The van der Waals surface area contributed by atoms with E-state index in [-0.39, 0.29) is 70.3 Å². The van der Waals surface area contributed by atoms with Crippen molar-refractivity contribution in [2.75, 3.05) is 20.7 Å². The normalized spacial score (nSPS) is 14.8. The molecule has 0 fully saturated rings. The number of ether oxygens (including phenoxy) is 2. The maximum absolute atomic E-state index is 14.4. The zero-order valence-corrected chi connectivity index (χ0v) is 57.1. The molecule has 516 valence electrons. The molecule has 0 aliphatic heterocycles. The summed E-state index contributed by atoms with van der Waals surface area (Å²) < 4.78 is 11.0. The summed E-state index contributed by atoms with van der Waals surface area (Å²) in [5.41, 5.74) is 5.03. The van der Waals surface area contributed by atoms with Gasteiger partial charge in [0.1, 0.15) is 23.7 Å². The molecular formula is C68H102N8O17. The van der Waals surface area contributed by atoms with Crippen LogP contribution in [-0.4, -0.2) is 171 Å². The minimum Gasteiger partial charge on any atom is -0.481 e. The summed E-state index contributed by atoms with van der Waals surface area (Å²) in [7, 11) is 2.65. The van der Waals surface area contributed by atoms with Gasteiger partial charge < -0.3 is 56.7 Å². The van der Waals surface area contributed by atoms with E-state index in [1.165, 1.54) is 39.8 Å². The molecule has 93 heavy (non-hydrogen) atoms. The summed E-state index contributed by atoms with van der Waals surface area (Å²) in [6.45, 7) is 22.7. The molecule has 0 aliphatic rings. The average molecular weight is 1300 g/mol. The van der Waals surface area contributed by atoms with Gasteiger partial charge in [0.2, 0.25) is 41.4 Å². The van der Waals surface area contributed by atoms with Gasteiger partial charge in [-0.1, -0.05) is 102 Å². The van der Waals surface area contributed by atoms with Gasteiger partial charge in [0.05, 0.1) is 42.8 Å². The van der Waals surface area contributed by atoms with Crippen LogP contribution in [0.1, 0.15) is 166 Å². The van der Waals surface area contributed by atoms with Crippen molar-refractivity contribution in [1.29, 1.82) is 0 Å². The van der Waals surface area contributed by atoms with Crippen LogP contribution in [0, 0.1) is 29.6 Å². The van der Waals surface area contributed by atoms with Gasteiger partial charge in [-0.3, -0.25) is 62.3 Å². The van der Waals surface area contributed by atoms with Gasteiger partial charge in [0.15, 0.2) is 28.9 Å². The van der Waals surface area contributed by atoms with E-state index in [1.807, 2.05) is 13.8 Å². The van der Waals surface area contributed by atoms with Gasteiger partial charge in [-0.15, -0.1) is 0 Å². The first-order valence-electron chi connectivity index (χ1n) is 31.7. The monoisotopic (exact) mass is 1300 g/mol. The van der Waals surface area contributed by atoms with E-state index in [2.05, 4.69) is 26.6 Å². The molecule has 0 unspecified atom stereocenters. The van der Waals surface area contributed by atoms with Crippen LogP contribution in [0.4, 0.5) is 4.79 Å². The summed E-state index contributed by atoms with van der Waals surface area (Å²) in [5, 5.41) is 23.0. The Morgan fingerprint density at radius 1 is 0.516 bits per heavy atom. The van der Waals surface area contributed by atoms with E-state index in [9.17, 15) is 72.2 Å². The molecule has 2 aromatic carbocycles. The maximum atomic E-state index is 14.4. The first-order chi connectivity index (χ1) is 43.1. The zero-order valence-electron chi connectivity index (χ0n) is 57.1. The van der Waals surface area contributed by atoms with Crippen molar-refractivity contribution in [1.82, 2.24) is 36.4 Å². The van der Waals surface area contributed by atoms with Crippen molar-refractivity contribution in [3.05, 3.63) is 71.8 Å². The Labute approximate surface area is 547 Å². The number of hydrogen-bond donors (Lipinski definition) is 7. The number of aliphatic carboxylic acids is 1. The SMILES string of the molecule is CC(C)C[C@H](NC(=O)CCC(=O)[C@H](Cc1ccccc1)N(C)C(=O)[C@H](C)CC(=O)[C@H](C)NC(=O)OC(C)(C)C)C(=O)C[C@@H](C)C(=O)N[C@H](C(=O)C[C@@H](Cc1ccccc1)C(=O)N[C@@H](CC(=O)O)C(=O)N(C)[C@@H](C)C(=O)N[C@@H](COC(C)(C)C)C(=O)CCC(N)=O)C(C)C. The molecule has 2 aromatic rings. The highest BCUT2D eigenvalue weighted by atomic mass is 16.6. The van der Waals surface area contributed by atoms with Gasteiger partial charge in [-0.25, -0.2) is 4.79 Å². The van der Waals surface area contributed by atoms with E-state index in [1.54, 1.807) is 123 Å². The van der Waals surface area contributed by atoms with Crippen LogP contribution in [0.2, 0.25) is 0 Å². The van der Waals surface area contributed by atoms with Crippen LogP contribution in [0.5, 0.6) is 0 Å². The molecule has 8 N–H and O–H groups in total. The van der Waals surface area contributed by atoms with Crippen molar-refractivity contribution in [3.8, 4) is 0 Å². The number of benzene rings is 2. The van der Waals surface area contributed by atoms with Crippen LogP contribution < -0.4 is 32.3 Å². The van der Waals surface area contributed by atoms with Gasteiger partial charge >= 0.3 is 12.1 Å². The van der Waals surface area contributed by atoms with Gasteiger partial charge in [0.25, 0.3) is 0 Å². The smallest absolute Gasteiger partial charge is 0.408 e. The minimum atomic E-state index is -1.76. The highest BCUT2D eigenvalue weighted by Gasteiger charge is 2.38. The molecular weight excluding hydrogens is 1200 g/mol. The fraction of sp³-hybridized carbons (Fsp3) is 0.618. The maximum Gasteiger partial charge on any atom is 0.408 e. The van der Waals surface area contributed by atoms with Crippen molar-refractivity contribution in [3.63, 3.8) is 0 Å². The molecule has 10 atom stereocenters. The number of ketones is 5. The molecule has 0 radical (unpaired) electrons. The second-order valence-corrected chi connectivity index (χ2v) is 26.9. The number of rotatable bonds is 40. The lowest BCUT2D eigenvalue weighted by molar-refractivity contribution is -0.146. The molecule has 0 saturated heterocycles. The van der Waals surface area contributed by atoms with E-state index < -0.39 is 172 Å². The lowest BCUT2D eigenvalue weighted by Crippen LogP contribution is -2.57. The van der Waals surface area contributed by atoms with Gasteiger partial charge in [-0.2, -0.15) is 0 Å². The number of primary amides is 1. The van der Waals surface area contributed by atoms with Crippen molar-refractivity contribution < 1.29 is 81.7 Å². The van der Waals surface area contributed by atoms with Crippen LogP contribution in [0.15, 0.2) is 60.7 Å². The molecule has 0 aromatic heterocycles. The van der Waals surface area contributed by atoms with Crippen LogP contribution in [-0.2, 0) is 84.6 Å². The summed E-state index contributed by atoms with van der Waals surface area (Å²) in [6, 6.07) is 8.77. The predicted molar refractivity (Wildman–Crippen MR) is 346 cm³/mol. The number of likely N-dealkylation sites (N-methyl/N-ethyl adjacent to an activating group) is 2. The molecule has 0 spiro atoms. The predicted octanol–water partition coefficient (Wildman–Crippen LogP) is 4.94. The molecule has 8 amide bonds. The number of carbonyl (C=O) groups is 14. The number of carbonyl (C=O) groups excluding carboxylic acids is 13. The van der Waals surface area contributed by atoms with Crippen molar-refractivity contribution in [2.45, 2.75) is 221 Å². The van der Waals surface area contributed by atoms with E-state index in [0.717, 1.165) is 10.5 Å². The Kier molecular flexibility index (Phi) is 33.1. The zero-order chi connectivity index (χ0) is 70.8. The average Bonchev–Trinajstić information content (AvgIpc) is 0.969. The number of nitrogens with one attached hydrogen (secondary N) is 5. The third-order valence-electron chi connectivity index (χ3n) is 15.4. The Hall–Kier alpha value is -8.22. The Bertz CT molecular complexity index is 2920. The van der Waals surface area contributed by atoms with Crippen LogP contribution in [0.25, 0.3) is 0 Å². The number of alkyl carbamates (subject to hydrolysis) is 1. The molecule has 0 heterocycles. The lowest BCUT2D eigenvalue weighted by atomic mass is 9.87. The number of nitrogens with zero attached hydrogens (tertiary/aromatic N) is 2. The summed E-state index contributed by atoms with van der Waals surface area (Å²) in [4.78, 5) is 191. The van der Waals surface area contributed by atoms with E-state index >= 15 is 0 Å². The topological polar surface area (TPSA) is 370 Å². The Morgan fingerprint density at radius 2 is 1.05 bits per heavy atom. The van der Waals surface area contributed by atoms with Crippen molar-refractivity contribution >= 4 is 82.3 Å². The Balaban J connectivity index is 2.29. The molecule has 2 rings (SSSR count).